The summed E-state index contributed by atoms with van der Waals surface area (Å²) >= 11 is 7.54. The molecule has 0 aromatic heterocycles. The Morgan fingerprint density at radius 1 is 1.18 bits per heavy atom. The van der Waals surface area contributed by atoms with Crippen LogP contribution in [0.1, 0.15) is 24.0 Å². The maximum Gasteiger partial charge on any atom is 0.230 e. The summed E-state index contributed by atoms with van der Waals surface area (Å²) in [5.74, 6) is 1.66. The number of hydrogen-bond donors (Lipinski definition) is 1. The van der Waals surface area contributed by atoms with E-state index in [1.807, 2.05) is 42.5 Å². The van der Waals surface area contributed by atoms with E-state index in [-0.39, 0.29) is 5.91 Å². The predicted octanol–water partition coefficient (Wildman–Crippen LogP) is 4.49. The molecule has 22 heavy (non-hydrogen) atoms. The third kappa shape index (κ3) is 5.74. The molecule has 0 saturated heterocycles. The van der Waals surface area contributed by atoms with Crippen molar-refractivity contribution >= 4 is 29.3 Å². The zero-order chi connectivity index (χ0) is 15.8. The normalized spacial score (nSPS) is 11.9. The Kier molecular flexibility index (Phi) is 6.81. The minimum Gasteiger partial charge on any atom is -0.355 e. The van der Waals surface area contributed by atoms with Crippen LogP contribution in [0.25, 0.3) is 0 Å². The van der Waals surface area contributed by atoms with Crippen LogP contribution >= 0.6 is 23.4 Å². The summed E-state index contributed by atoms with van der Waals surface area (Å²) in [6.45, 7) is 2.79. The van der Waals surface area contributed by atoms with Gasteiger partial charge in [-0.05, 0) is 29.2 Å². The molecule has 1 amide bonds. The first-order chi connectivity index (χ1) is 10.6. The Bertz CT molecular complexity index is 603. The molecule has 2 nitrogen and oxygen atoms in total. The summed E-state index contributed by atoms with van der Waals surface area (Å²) in [6.07, 6.45) is 0. The molecule has 1 N–H and O–H groups in total. The molecule has 2 aromatic rings. The average Bonchev–Trinajstić information content (AvgIpc) is 2.53. The topological polar surface area (TPSA) is 29.1 Å². The number of halogens is 1. The fraction of sp³-hybridized carbons (Fsp3) is 0.278. The number of carbonyl (C=O) groups excluding carboxylic acids is 1. The van der Waals surface area contributed by atoms with Crippen molar-refractivity contribution in [2.45, 2.75) is 18.6 Å². The van der Waals surface area contributed by atoms with Gasteiger partial charge < -0.3 is 5.32 Å². The highest BCUT2D eigenvalue weighted by Crippen LogP contribution is 2.17. The van der Waals surface area contributed by atoms with Crippen LogP contribution in [0.15, 0.2) is 54.6 Å². The highest BCUT2D eigenvalue weighted by Gasteiger charge is 2.07. The largest absolute Gasteiger partial charge is 0.355 e. The van der Waals surface area contributed by atoms with Crippen LogP contribution in [0.4, 0.5) is 0 Å². The highest BCUT2D eigenvalue weighted by atomic mass is 35.5. The molecule has 0 heterocycles. The van der Waals surface area contributed by atoms with Crippen molar-refractivity contribution in [2.24, 2.45) is 0 Å². The van der Waals surface area contributed by atoms with Crippen molar-refractivity contribution in [1.82, 2.24) is 5.32 Å². The van der Waals surface area contributed by atoms with E-state index in [0.29, 0.717) is 18.2 Å². The first kappa shape index (κ1) is 16.9. The third-order valence-electron chi connectivity index (χ3n) is 3.36. The van der Waals surface area contributed by atoms with E-state index in [9.17, 15) is 4.79 Å². The molecule has 0 unspecified atom stereocenters. The molecule has 0 aliphatic heterocycles. The second-order valence-corrected chi connectivity index (χ2v) is 6.66. The summed E-state index contributed by atoms with van der Waals surface area (Å²) in [5.41, 5.74) is 2.39. The molecular weight excluding hydrogens is 314 g/mol. The lowest BCUT2D eigenvalue weighted by Crippen LogP contribution is -2.29. The second-order valence-electron chi connectivity index (χ2n) is 5.24. The quantitative estimate of drug-likeness (QED) is 0.808. The van der Waals surface area contributed by atoms with Crippen molar-refractivity contribution in [3.8, 4) is 0 Å². The van der Waals surface area contributed by atoms with E-state index < -0.39 is 0 Å². The van der Waals surface area contributed by atoms with Gasteiger partial charge in [0.15, 0.2) is 0 Å². The number of rotatable bonds is 7. The molecule has 0 aliphatic rings. The van der Waals surface area contributed by atoms with Gasteiger partial charge in [-0.15, -0.1) is 11.8 Å². The third-order valence-corrected chi connectivity index (χ3v) is 4.60. The number of thioether (sulfide) groups is 1. The molecule has 116 valence electrons. The second kappa shape index (κ2) is 8.86. The highest BCUT2D eigenvalue weighted by molar-refractivity contribution is 7.99. The molecule has 2 aromatic carbocycles. The van der Waals surface area contributed by atoms with Gasteiger partial charge in [0.25, 0.3) is 0 Å². The Labute approximate surface area is 141 Å². The fourth-order valence-corrected chi connectivity index (χ4v) is 3.12. The molecule has 0 saturated carbocycles. The predicted molar refractivity (Wildman–Crippen MR) is 95.5 cm³/mol. The molecule has 1 atom stereocenters. The van der Waals surface area contributed by atoms with Gasteiger partial charge in [0, 0.05) is 17.3 Å². The minimum atomic E-state index is 0.0785. The average molecular weight is 334 g/mol. The number of nitrogens with one attached hydrogen (secondary N) is 1. The van der Waals surface area contributed by atoms with Gasteiger partial charge in [-0.3, -0.25) is 4.79 Å². The van der Waals surface area contributed by atoms with Crippen LogP contribution in [-0.4, -0.2) is 18.2 Å². The van der Waals surface area contributed by atoms with Gasteiger partial charge in [-0.2, -0.15) is 0 Å². The molecule has 4 heteroatoms. The Morgan fingerprint density at radius 2 is 1.95 bits per heavy atom. The fourth-order valence-electron chi connectivity index (χ4n) is 2.11. The van der Waals surface area contributed by atoms with Gasteiger partial charge in [0.1, 0.15) is 0 Å². The molecule has 2 rings (SSSR count). The van der Waals surface area contributed by atoms with Gasteiger partial charge in [0.2, 0.25) is 5.91 Å². The molecule has 0 fully saturated rings. The zero-order valence-corrected chi connectivity index (χ0v) is 14.2. The summed E-state index contributed by atoms with van der Waals surface area (Å²) in [4.78, 5) is 11.9. The van der Waals surface area contributed by atoms with E-state index in [1.54, 1.807) is 11.8 Å². The number of hydrogen-bond acceptors (Lipinski definition) is 2. The monoisotopic (exact) mass is 333 g/mol. The first-order valence-corrected chi connectivity index (χ1v) is 8.82. The standard InChI is InChI=1S/C18H20ClNOS/c1-14(16-7-3-2-4-8-16)11-20-18(21)13-22-12-15-6-5-9-17(19)10-15/h2-10,14H,11-13H2,1H3,(H,20,21)/t14-/m1/s1. The Balaban J connectivity index is 1.68. The van der Waals surface area contributed by atoms with Gasteiger partial charge in [0.05, 0.1) is 5.75 Å². The molecule has 0 radical (unpaired) electrons. The van der Waals surface area contributed by atoms with Crippen molar-refractivity contribution < 1.29 is 4.79 Å². The van der Waals surface area contributed by atoms with Gasteiger partial charge in [-0.1, -0.05) is 61.0 Å². The van der Waals surface area contributed by atoms with Crippen LogP contribution in [0.5, 0.6) is 0 Å². The van der Waals surface area contributed by atoms with E-state index in [2.05, 4.69) is 24.4 Å². The van der Waals surface area contributed by atoms with Crippen LogP contribution in [-0.2, 0) is 10.5 Å². The Hall–Kier alpha value is -1.45. The van der Waals surface area contributed by atoms with E-state index in [1.165, 1.54) is 5.56 Å². The minimum absolute atomic E-state index is 0.0785. The SMILES string of the molecule is C[C@H](CNC(=O)CSCc1cccc(Cl)c1)c1ccccc1. The lowest BCUT2D eigenvalue weighted by atomic mass is 10.0. The maximum atomic E-state index is 11.9. The van der Waals surface area contributed by atoms with E-state index in [4.69, 9.17) is 11.6 Å². The summed E-state index contributed by atoms with van der Waals surface area (Å²) in [7, 11) is 0. The van der Waals surface area contributed by atoms with E-state index in [0.717, 1.165) is 16.3 Å². The first-order valence-electron chi connectivity index (χ1n) is 7.29. The number of benzene rings is 2. The molecular formula is C18H20ClNOS. The zero-order valence-electron chi connectivity index (χ0n) is 12.6. The van der Waals surface area contributed by atoms with Crippen LogP contribution in [0.3, 0.4) is 0 Å². The summed E-state index contributed by atoms with van der Waals surface area (Å²) in [6, 6.07) is 18.0. The summed E-state index contributed by atoms with van der Waals surface area (Å²) in [5, 5.41) is 3.73. The van der Waals surface area contributed by atoms with Crippen molar-refractivity contribution in [2.75, 3.05) is 12.3 Å². The van der Waals surface area contributed by atoms with Crippen molar-refractivity contribution in [1.29, 1.82) is 0 Å². The van der Waals surface area contributed by atoms with Gasteiger partial charge >= 0.3 is 0 Å². The van der Waals surface area contributed by atoms with Crippen molar-refractivity contribution in [3.63, 3.8) is 0 Å². The lowest BCUT2D eigenvalue weighted by Gasteiger charge is -2.13. The maximum absolute atomic E-state index is 11.9. The number of amides is 1. The van der Waals surface area contributed by atoms with E-state index >= 15 is 0 Å². The summed E-state index contributed by atoms with van der Waals surface area (Å²) < 4.78 is 0. The number of carbonyl (C=O) groups is 1. The Morgan fingerprint density at radius 3 is 2.68 bits per heavy atom. The lowest BCUT2D eigenvalue weighted by molar-refractivity contribution is -0.118. The molecule has 0 spiro atoms. The van der Waals surface area contributed by atoms with Gasteiger partial charge in [-0.25, -0.2) is 0 Å². The molecule has 0 bridgehead atoms. The smallest absolute Gasteiger partial charge is 0.230 e. The van der Waals surface area contributed by atoms with Crippen LogP contribution in [0.2, 0.25) is 5.02 Å². The van der Waals surface area contributed by atoms with Crippen LogP contribution in [0, 0.1) is 0 Å². The molecule has 0 aliphatic carbocycles. The van der Waals surface area contributed by atoms with Crippen molar-refractivity contribution in [3.05, 3.63) is 70.7 Å². The van der Waals surface area contributed by atoms with Crippen LogP contribution < -0.4 is 5.32 Å².